The molecule has 3 rings (SSSR count). The van der Waals surface area contributed by atoms with Gasteiger partial charge in [-0.2, -0.15) is 0 Å². The van der Waals surface area contributed by atoms with Crippen LogP contribution in [0.3, 0.4) is 0 Å². The fraction of sp³-hybridized carbons (Fsp3) is 0.0588. The number of halogens is 2. The maximum atomic E-state index is 13.7. The molecule has 0 spiro atoms. The molecule has 0 aliphatic rings. The van der Waals surface area contributed by atoms with E-state index in [1.807, 2.05) is 24.3 Å². The highest BCUT2D eigenvalue weighted by atomic mass is 35.5. The van der Waals surface area contributed by atoms with Crippen LogP contribution in [0.15, 0.2) is 54.6 Å². The molecule has 2 nitrogen and oxygen atoms in total. The lowest BCUT2D eigenvalue weighted by Crippen LogP contribution is -1.99. The monoisotopic (exact) mass is 301 g/mol. The minimum Gasteiger partial charge on any atom is -0.488 e. The van der Waals surface area contributed by atoms with Crippen LogP contribution < -0.4 is 10.5 Å². The van der Waals surface area contributed by atoms with Crippen LogP contribution in [-0.2, 0) is 6.61 Å². The van der Waals surface area contributed by atoms with Gasteiger partial charge in [0.1, 0.15) is 18.2 Å². The first-order valence-corrected chi connectivity index (χ1v) is 6.87. The lowest BCUT2D eigenvalue weighted by molar-refractivity contribution is 0.303. The summed E-state index contributed by atoms with van der Waals surface area (Å²) in [5, 5.41) is 2.30. The first-order valence-electron chi connectivity index (χ1n) is 6.49. The van der Waals surface area contributed by atoms with Crippen molar-refractivity contribution in [1.29, 1.82) is 0 Å². The van der Waals surface area contributed by atoms with Crippen LogP contribution in [-0.4, -0.2) is 0 Å². The third kappa shape index (κ3) is 2.78. The summed E-state index contributed by atoms with van der Waals surface area (Å²) in [6.07, 6.45) is 0. The van der Waals surface area contributed by atoms with Gasteiger partial charge in [-0.05, 0) is 30.3 Å². The standard InChI is InChI=1S/C17H13ClFNO/c18-12-5-6-15(19)11(9-12)10-21-17-8-7-16(20)13-3-1-2-4-14(13)17/h1-9H,10,20H2. The summed E-state index contributed by atoms with van der Waals surface area (Å²) in [4.78, 5) is 0. The summed E-state index contributed by atoms with van der Waals surface area (Å²) < 4.78 is 19.4. The van der Waals surface area contributed by atoms with Gasteiger partial charge in [-0.1, -0.05) is 35.9 Å². The molecular formula is C17H13ClFNO. The molecule has 21 heavy (non-hydrogen) atoms. The van der Waals surface area contributed by atoms with Gasteiger partial charge >= 0.3 is 0 Å². The Hall–Kier alpha value is -2.26. The van der Waals surface area contributed by atoms with Crippen molar-refractivity contribution >= 4 is 28.1 Å². The van der Waals surface area contributed by atoms with E-state index in [0.29, 0.717) is 22.0 Å². The molecule has 0 bridgehead atoms. The highest BCUT2D eigenvalue weighted by Gasteiger charge is 2.07. The number of nitrogen functional groups attached to an aromatic ring is 1. The van der Waals surface area contributed by atoms with Crippen molar-refractivity contribution in [3.05, 3.63) is 71.0 Å². The Bertz CT molecular complexity index is 804. The molecule has 0 fully saturated rings. The Balaban J connectivity index is 1.92. The molecule has 4 heteroatoms. The zero-order valence-electron chi connectivity index (χ0n) is 11.1. The maximum Gasteiger partial charge on any atom is 0.129 e. The second-order valence-corrected chi connectivity index (χ2v) is 5.16. The zero-order valence-corrected chi connectivity index (χ0v) is 11.9. The van der Waals surface area contributed by atoms with Crippen molar-refractivity contribution in [2.45, 2.75) is 6.61 Å². The van der Waals surface area contributed by atoms with E-state index < -0.39 is 0 Å². The van der Waals surface area contributed by atoms with Gasteiger partial charge in [0, 0.05) is 27.0 Å². The topological polar surface area (TPSA) is 35.2 Å². The first kappa shape index (κ1) is 13.7. The predicted molar refractivity (Wildman–Crippen MR) is 84.1 cm³/mol. The van der Waals surface area contributed by atoms with E-state index in [9.17, 15) is 4.39 Å². The fourth-order valence-electron chi connectivity index (χ4n) is 2.23. The van der Waals surface area contributed by atoms with Crippen molar-refractivity contribution in [2.75, 3.05) is 5.73 Å². The van der Waals surface area contributed by atoms with Crippen LogP contribution in [0.4, 0.5) is 10.1 Å². The summed E-state index contributed by atoms with van der Waals surface area (Å²) in [6, 6.07) is 15.7. The van der Waals surface area contributed by atoms with Gasteiger partial charge in [-0.15, -0.1) is 0 Å². The molecule has 0 amide bonds. The third-order valence-corrected chi connectivity index (χ3v) is 3.54. The molecule has 0 saturated carbocycles. The Labute approximate surface area is 126 Å². The third-order valence-electron chi connectivity index (χ3n) is 3.31. The zero-order chi connectivity index (χ0) is 14.8. The molecule has 0 atom stereocenters. The van der Waals surface area contributed by atoms with Crippen molar-refractivity contribution in [3.8, 4) is 5.75 Å². The second kappa shape index (κ2) is 5.62. The molecule has 2 N–H and O–H groups in total. The first-order chi connectivity index (χ1) is 10.1. The number of rotatable bonds is 3. The van der Waals surface area contributed by atoms with Gasteiger partial charge in [-0.25, -0.2) is 4.39 Å². The average molecular weight is 302 g/mol. The molecule has 0 saturated heterocycles. The Morgan fingerprint density at radius 2 is 1.76 bits per heavy atom. The molecule has 0 aliphatic carbocycles. The number of nitrogens with two attached hydrogens (primary N) is 1. The van der Waals surface area contributed by atoms with Crippen molar-refractivity contribution < 1.29 is 9.13 Å². The van der Waals surface area contributed by atoms with Crippen molar-refractivity contribution in [2.24, 2.45) is 0 Å². The maximum absolute atomic E-state index is 13.7. The minimum atomic E-state index is -0.334. The van der Waals surface area contributed by atoms with E-state index in [0.717, 1.165) is 10.8 Å². The van der Waals surface area contributed by atoms with Crippen LogP contribution in [0.5, 0.6) is 5.75 Å². The second-order valence-electron chi connectivity index (χ2n) is 4.72. The fourth-order valence-corrected chi connectivity index (χ4v) is 2.42. The largest absolute Gasteiger partial charge is 0.488 e. The van der Waals surface area contributed by atoms with Gasteiger partial charge in [-0.3, -0.25) is 0 Å². The smallest absolute Gasteiger partial charge is 0.129 e. The van der Waals surface area contributed by atoms with E-state index in [4.69, 9.17) is 22.1 Å². The summed E-state index contributed by atoms with van der Waals surface area (Å²) in [7, 11) is 0. The molecule has 106 valence electrons. The average Bonchev–Trinajstić information content (AvgIpc) is 2.50. The molecule has 3 aromatic carbocycles. The lowest BCUT2D eigenvalue weighted by Gasteiger charge is -2.11. The summed E-state index contributed by atoms with van der Waals surface area (Å²) in [6.45, 7) is 0.111. The Morgan fingerprint density at radius 1 is 1.00 bits per heavy atom. The van der Waals surface area contributed by atoms with Crippen LogP contribution in [0.1, 0.15) is 5.56 Å². The molecule has 0 aromatic heterocycles. The lowest BCUT2D eigenvalue weighted by atomic mass is 10.1. The SMILES string of the molecule is Nc1ccc(OCc2cc(Cl)ccc2F)c2ccccc12. The molecule has 3 aromatic rings. The molecule has 0 radical (unpaired) electrons. The highest BCUT2D eigenvalue weighted by Crippen LogP contribution is 2.30. The van der Waals surface area contributed by atoms with Crippen molar-refractivity contribution in [3.63, 3.8) is 0 Å². The number of ether oxygens (including phenoxy) is 1. The normalized spacial score (nSPS) is 10.8. The molecule has 0 heterocycles. The molecule has 0 unspecified atom stereocenters. The summed E-state index contributed by atoms with van der Waals surface area (Å²) in [5.74, 6) is 0.332. The number of benzene rings is 3. The van der Waals surface area contributed by atoms with Crippen molar-refractivity contribution in [1.82, 2.24) is 0 Å². The minimum absolute atomic E-state index is 0.111. The number of fused-ring (bicyclic) bond motifs is 1. The number of hydrogen-bond donors (Lipinski definition) is 1. The van der Waals surface area contributed by atoms with Crippen LogP contribution in [0, 0.1) is 5.82 Å². The van der Waals surface area contributed by atoms with E-state index in [-0.39, 0.29) is 12.4 Å². The number of anilines is 1. The summed E-state index contributed by atoms with van der Waals surface area (Å²) >= 11 is 5.88. The Morgan fingerprint density at radius 3 is 2.57 bits per heavy atom. The van der Waals surface area contributed by atoms with Crippen LogP contribution in [0.25, 0.3) is 10.8 Å². The van der Waals surface area contributed by atoms with E-state index in [1.54, 1.807) is 18.2 Å². The van der Waals surface area contributed by atoms with Gasteiger partial charge in [0.05, 0.1) is 0 Å². The van der Waals surface area contributed by atoms with E-state index in [2.05, 4.69) is 0 Å². The van der Waals surface area contributed by atoms with Gasteiger partial charge < -0.3 is 10.5 Å². The predicted octanol–water partition coefficient (Wildman–Crippen LogP) is 4.79. The van der Waals surface area contributed by atoms with Gasteiger partial charge in [0.15, 0.2) is 0 Å². The quantitative estimate of drug-likeness (QED) is 0.706. The van der Waals surface area contributed by atoms with E-state index in [1.165, 1.54) is 12.1 Å². The molecule has 0 aliphatic heterocycles. The number of hydrogen-bond acceptors (Lipinski definition) is 2. The van der Waals surface area contributed by atoms with Crippen LogP contribution >= 0.6 is 11.6 Å². The molecular weight excluding hydrogens is 289 g/mol. The van der Waals surface area contributed by atoms with E-state index >= 15 is 0 Å². The highest BCUT2D eigenvalue weighted by molar-refractivity contribution is 6.30. The van der Waals surface area contributed by atoms with Gasteiger partial charge in [0.2, 0.25) is 0 Å². The summed E-state index contributed by atoms with van der Waals surface area (Å²) in [5.41, 5.74) is 7.05. The van der Waals surface area contributed by atoms with Crippen LogP contribution in [0.2, 0.25) is 5.02 Å². The Kier molecular flexibility index (Phi) is 3.67. The van der Waals surface area contributed by atoms with Gasteiger partial charge in [0.25, 0.3) is 0 Å².